The molecule has 0 N–H and O–H groups in total. The monoisotopic (exact) mass is 151 g/mol. The van der Waals surface area contributed by atoms with E-state index < -0.39 is 0 Å². The smallest absolute Gasteiger partial charge is 0.158 e. The van der Waals surface area contributed by atoms with Gasteiger partial charge in [0.1, 0.15) is 0 Å². The fourth-order valence-electron chi connectivity index (χ4n) is 1.17. The van der Waals surface area contributed by atoms with Gasteiger partial charge in [0.25, 0.3) is 0 Å². The summed E-state index contributed by atoms with van der Waals surface area (Å²) in [6, 6.07) is 0.485. The number of hydrogen-bond acceptors (Lipinski definition) is 1. The Morgan fingerprint density at radius 1 is 1.91 bits per heavy atom. The average molecular weight is 151 g/mol. The Morgan fingerprint density at radius 2 is 2.55 bits per heavy atom. The highest BCUT2D eigenvalue weighted by atomic mass is 16.1. The van der Waals surface area contributed by atoms with Gasteiger partial charge in [0, 0.05) is 6.42 Å². The predicted octanol–water partition coefficient (Wildman–Crippen LogP) is 2.49. The van der Waals surface area contributed by atoms with Crippen molar-refractivity contribution in [2.24, 2.45) is 5.92 Å². The van der Waals surface area contributed by atoms with Crippen molar-refractivity contribution in [2.45, 2.75) is 26.7 Å². The zero-order valence-corrected chi connectivity index (χ0v) is 7.11. The number of carbonyl (C=O) groups excluding carboxylic acids is 1. The maximum atomic E-state index is 11.3. The number of carbonyl (C=O) groups is 1. The van der Waals surface area contributed by atoms with Crippen molar-refractivity contribution < 1.29 is 6.17 Å². The molecule has 11 heavy (non-hydrogen) atoms. The van der Waals surface area contributed by atoms with Crippen LogP contribution in [0.3, 0.4) is 0 Å². The third-order valence-electron chi connectivity index (χ3n) is 2.16. The van der Waals surface area contributed by atoms with E-state index >= 15 is 0 Å². The van der Waals surface area contributed by atoms with Crippen molar-refractivity contribution in [1.82, 2.24) is 0 Å². The molecule has 0 heterocycles. The highest BCUT2D eigenvalue weighted by Crippen LogP contribution is 2.25. The summed E-state index contributed by atoms with van der Waals surface area (Å²) in [7, 11) is 0. The molecule has 0 amide bonds. The van der Waals surface area contributed by atoms with E-state index in [2.05, 4.69) is 6.58 Å². The van der Waals surface area contributed by atoms with Crippen LogP contribution in [-0.2, 0) is 4.79 Å². The molecule has 0 unspecified atom stereocenters. The van der Waals surface area contributed by atoms with Crippen LogP contribution in [-0.4, -0.2) is 5.78 Å². The molecule has 60 valence electrons. The van der Waals surface area contributed by atoms with Gasteiger partial charge >= 0.3 is 0 Å². The van der Waals surface area contributed by atoms with E-state index in [9.17, 15) is 4.79 Å². The Kier molecular flexibility index (Phi) is 1.89. The first-order valence-corrected chi connectivity index (χ1v) is 3.87. The molecule has 1 atom stereocenters. The second kappa shape index (κ2) is 3.04. The lowest BCUT2D eigenvalue weighted by Gasteiger charge is -2.18. The number of hydrogen-bond donors (Lipinski definition) is 0. The van der Waals surface area contributed by atoms with Gasteiger partial charge in [-0.15, -0.1) is 0 Å². The van der Waals surface area contributed by atoms with Crippen LogP contribution in [0.5, 0.6) is 0 Å². The molecule has 0 fully saturated rings. The molecule has 1 heteroatoms. The van der Waals surface area contributed by atoms with Gasteiger partial charge in [-0.3, -0.25) is 4.79 Å². The Balaban J connectivity index is 2.85. The maximum absolute atomic E-state index is 11.3. The van der Waals surface area contributed by atoms with Gasteiger partial charge in [0.2, 0.25) is 0 Å². The van der Waals surface area contributed by atoms with Crippen LogP contribution in [0.4, 0.5) is 0 Å². The van der Waals surface area contributed by atoms with Crippen LogP contribution in [0, 0.1) is 5.92 Å². The second-order valence-electron chi connectivity index (χ2n) is 3.18. The van der Waals surface area contributed by atoms with E-state index in [0.717, 1.165) is 5.57 Å². The van der Waals surface area contributed by atoms with Crippen LogP contribution in [0.2, 0.25) is 0 Å². The van der Waals surface area contributed by atoms with Gasteiger partial charge in [-0.1, -0.05) is 18.2 Å². The van der Waals surface area contributed by atoms with Crippen LogP contribution >= 0.6 is 0 Å². The minimum absolute atomic E-state index is 0.110. The summed E-state index contributed by atoms with van der Waals surface area (Å²) >= 11 is 0. The molecule has 0 saturated carbocycles. The van der Waals surface area contributed by atoms with Crippen LogP contribution in [0.1, 0.15) is 28.1 Å². The lowest BCUT2D eigenvalue weighted by atomic mass is 9.85. The summed E-state index contributed by atoms with van der Waals surface area (Å²) in [5, 5.41) is 0. The first-order valence-electron chi connectivity index (χ1n) is 4.37. The molecule has 0 saturated heterocycles. The molecule has 0 bridgehead atoms. The Labute approximate surface area is 69.2 Å². The highest BCUT2D eigenvalue weighted by Gasteiger charge is 2.18. The first kappa shape index (κ1) is 6.84. The van der Waals surface area contributed by atoms with Gasteiger partial charge in [-0.05, 0) is 31.8 Å². The van der Waals surface area contributed by atoms with E-state index in [4.69, 9.17) is 1.37 Å². The molecule has 0 aliphatic heterocycles. The topological polar surface area (TPSA) is 17.1 Å². The molecular formula is C10H14O. The van der Waals surface area contributed by atoms with Gasteiger partial charge in [0.15, 0.2) is 5.78 Å². The molecule has 1 aliphatic rings. The van der Waals surface area contributed by atoms with E-state index in [1.807, 2.05) is 6.92 Å². The number of allylic oxidation sites excluding steroid dienone is 3. The van der Waals surface area contributed by atoms with Crippen molar-refractivity contribution in [2.75, 3.05) is 0 Å². The van der Waals surface area contributed by atoms with Crippen molar-refractivity contribution in [3.8, 4) is 0 Å². The number of ketones is 1. The molecule has 0 aromatic rings. The molecule has 0 aromatic heterocycles. The number of Topliss-reactive ketones (excluding diaryl/α,β-unsaturated/α-hetero) is 1. The minimum atomic E-state index is 0.110. The van der Waals surface area contributed by atoms with Crippen molar-refractivity contribution in [3.05, 3.63) is 23.8 Å². The predicted molar refractivity (Wildman–Crippen MR) is 46.3 cm³/mol. The molecule has 0 radical (unpaired) electrons. The van der Waals surface area contributed by atoms with Crippen molar-refractivity contribution in [1.29, 1.82) is 0 Å². The van der Waals surface area contributed by atoms with Gasteiger partial charge in [0.05, 0.1) is 1.37 Å². The largest absolute Gasteiger partial charge is 0.295 e. The summed E-state index contributed by atoms with van der Waals surface area (Å²) in [6.45, 7) is 7.47. The Morgan fingerprint density at radius 3 is 3.00 bits per heavy atom. The van der Waals surface area contributed by atoms with Crippen LogP contribution in [0.25, 0.3) is 0 Å². The Bertz CT molecular complexity index is 263. The lowest BCUT2D eigenvalue weighted by Crippen LogP contribution is -2.14. The maximum Gasteiger partial charge on any atom is 0.158 e. The van der Waals surface area contributed by atoms with E-state index in [-0.39, 0.29) is 11.7 Å². The normalized spacial score (nSPS) is 26.9. The number of rotatable bonds is 1. The third-order valence-corrected chi connectivity index (χ3v) is 2.16. The van der Waals surface area contributed by atoms with Crippen LogP contribution < -0.4 is 0 Å². The molecule has 0 spiro atoms. The van der Waals surface area contributed by atoms with E-state index in [1.54, 1.807) is 6.92 Å². The van der Waals surface area contributed by atoms with E-state index in [0.29, 0.717) is 24.5 Å². The summed E-state index contributed by atoms with van der Waals surface area (Å²) in [5.74, 6) is 0.313. The van der Waals surface area contributed by atoms with Crippen molar-refractivity contribution in [3.63, 3.8) is 0 Å². The zero-order valence-electron chi connectivity index (χ0n) is 8.11. The lowest BCUT2D eigenvalue weighted by molar-refractivity contribution is -0.116. The van der Waals surface area contributed by atoms with E-state index in [1.165, 1.54) is 0 Å². The second-order valence-corrected chi connectivity index (χ2v) is 3.18. The van der Waals surface area contributed by atoms with Crippen LogP contribution in [0.15, 0.2) is 23.8 Å². The summed E-state index contributed by atoms with van der Waals surface area (Å²) in [5.41, 5.74) is 1.65. The molecule has 1 rings (SSSR count). The van der Waals surface area contributed by atoms with Gasteiger partial charge < -0.3 is 0 Å². The summed E-state index contributed by atoms with van der Waals surface area (Å²) in [4.78, 5) is 11.3. The Hall–Kier alpha value is -0.850. The molecule has 0 aromatic carbocycles. The zero-order chi connectivity index (χ0) is 9.30. The fourth-order valence-corrected chi connectivity index (χ4v) is 1.17. The quantitative estimate of drug-likeness (QED) is 0.526. The third kappa shape index (κ3) is 1.79. The highest BCUT2D eigenvalue weighted by molar-refractivity contribution is 5.95. The SMILES string of the molecule is [2H]C1=C(C)C(=O)C[C@@H](C(=C)C)C1. The minimum Gasteiger partial charge on any atom is -0.295 e. The molecular weight excluding hydrogens is 136 g/mol. The summed E-state index contributed by atoms with van der Waals surface area (Å²) < 4.78 is 7.55. The summed E-state index contributed by atoms with van der Waals surface area (Å²) in [6.07, 6.45) is 1.23. The molecule has 1 nitrogen and oxygen atoms in total. The molecule has 1 aliphatic carbocycles. The standard InChI is InChI=1S/C10H14O/c1-7(2)9-5-4-8(3)10(11)6-9/h4,9H,1,5-6H2,2-3H3/t9-/m0/s1/i4D. The first-order chi connectivity index (χ1) is 5.52. The average Bonchev–Trinajstić information content (AvgIpc) is 1.99. The van der Waals surface area contributed by atoms with Gasteiger partial charge in [-0.2, -0.15) is 0 Å². The fraction of sp³-hybridized carbons (Fsp3) is 0.500. The van der Waals surface area contributed by atoms with Gasteiger partial charge in [-0.25, -0.2) is 0 Å². The van der Waals surface area contributed by atoms with Crippen molar-refractivity contribution >= 4 is 5.78 Å².